The zero-order valence-corrected chi connectivity index (χ0v) is 16.1. The molecule has 0 saturated heterocycles. The van der Waals surface area contributed by atoms with E-state index in [0.717, 1.165) is 4.90 Å². The van der Waals surface area contributed by atoms with Gasteiger partial charge >= 0.3 is 0 Å². The number of benzene rings is 3. The lowest BCUT2D eigenvalue weighted by Gasteiger charge is -2.13. The van der Waals surface area contributed by atoms with Crippen LogP contribution in [0.2, 0.25) is 5.02 Å². The van der Waals surface area contributed by atoms with Gasteiger partial charge in [0.15, 0.2) is 0 Å². The topological polar surface area (TPSA) is 75.7 Å². The lowest BCUT2D eigenvalue weighted by Crippen LogP contribution is -2.29. The van der Waals surface area contributed by atoms with Gasteiger partial charge < -0.3 is 10.1 Å². The first kappa shape index (κ1) is 18.7. The fourth-order valence-corrected chi connectivity index (χ4v) is 3.29. The second-order valence-electron chi connectivity index (χ2n) is 6.44. The molecular weight excluding hydrogens is 392 g/mol. The van der Waals surface area contributed by atoms with E-state index in [1.165, 1.54) is 13.0 Å². The molecule has 7 heteroatoms. The summed E-state index contributed by atoms with van der Waals surface area (Å²) in [6.45, 7) is 1.42. The van der Waals surface area contributed by atoms with Crippen molar-refractivity contribution in [2.45, 2.75) is 6.92 Å². The number of hydrogen-bond donors (Lipinski definition) is 1. The second-order valence-corrected chi connectivity index (χ2v) is 6.88. The zero-order chi connectivity index (χ0) is 20.5. The van der Waals surface area contributed by atoms with Crippen molar-refractivity contribution in [3.8, 4) is 11.5 Å². The Balaban J connectivity index is 1.62. The van der Waals surface area contributed by atoms with Crippen LogP contribution < -0.4 is 15.0 Å². The summed E-state index contributed by atoms with van der Waals surface area (Å²) in [5, 5.41) is 3.11. The van der Waals surface area contributed by atoms with Crippen LogP contribution in [0.25, 0.3) is 0 Å². The molecule has 1 heterocycles. The van der Waals surface area contributed by atoms with Gasteiger partial charge in [0.05, 0.1) is 16.8 Å². The molecule has 0 unspecified atom stereocenters. The summed E-state index contributed by atoms with van der Waals surface area (Å²) in [5.41, 5.74) is 1.56. The van der Waals surface area contributed by atoms with Crippen LogP contribution in [-0.2, 0) is 4.79 Å². The Hall–Kier alpha value is -3.64. The summed E-state index contributed by atoms with van der Waals surface area (Å²) < 4.78 is 5.82. The van der Waals surface area contributed by atoms with E-state index < -0.39 is 11.8 Å². The van der Waals surface area contributed by atoms with Crippen molar-refractivity contribution < 1.29 is 19.1 Å². The molecule has 144 valence electrons. The van der Waals surface area contributed by atoms with E-state index in [1.54, 1.807) is 60.7 Å². The van der Waals surface area contributed by atoms with Crippen molar-refractivity contribution in [2.75, 3.05) is 10.2 Å². The first-order chi connectivity index (χ1) is 13.9. The molecular formula is C22H15ClN2O4. The van der Waals surface area contributed by atoms with E-state index in [4.69, 9.17) is 16.3 Å². The Kier molecular flexibility index (Phi) is 4.78. The minimum atomic E-state index is -0.440. The van der Waals surface area contributed by atoms with Gasteiger partial charge in [-0.05, 0) is 48.5 Å². The monoisotopic (exact) mass is 406 g/mol. The summed E-state index contributed by atoms with van der Waals surface area (Å²) in [6.07, 6.45) is 0. The summed E-state index contributed by atoms with van der Waals surface area (Å²) in [6, 6.07) is 18.2. The Morgan fingerprint density at radius 3 is 2.38 bits per heavy atom. The highest BCUT2D eigenvalue weighted by molar-refractivity contribution is 6.35. The molecule has 0 aromatic heterocycles. The number of amides is 3. The lowest BCUT2D eigenvalue weighted by molar-refractivity contribution is -0.114. The van der Waals surface area contributed by atoms with E-state index in [-0.39, 0.29) is 11.5 Å². The number of nitrogens with zero attached hydrogens (tertiary/aromatic N) is 1. The quantitative estimate of drug-likeness (QED) is 0.626. The van der Waals surface area contributed by atoms with Gasteiger partial charge in [-0.15, -0.1) is 0 Å². The van der Waals surface area contributed by atoms with Crippen LogP contribution in [0.5, 0.6) is 11.5 Å². The molecule has 0 bridgehead atoms. The maximum Gasteiger partial charge on any atom is 0.266 e. The van der Waals surface area contributed by atoms with Crippen molar-refractivity contribution in [3.05, 3.63) is 82.9 Å². The molecule has 0 atom stereocenters. The van der Waals surface area contributed by atoms with Gasteiger partial charge in [-0.2, -0.15) is 0 Å². The standard InChI is InChI=1S/C22H15ClN2O4/c1-13(26)24-15-5-3-7-17(11-15)29-18-8-9-19-20(12-18)22(28)25(21(19)27)16-6-2-4-14(23)10-16/h2-12H,1H3,(H,24,26). The van der Waals surface area contributed by atoms with Crippen LogP contribution in [0.3, 0.4) is 0 Å². The van der Waals surface area contributed by atoms with Gasteiger partial charge in [0.1, 0.15) is 11.5 Å². The van der Waals surface area contributed by atoms with E-state index >= 15 is 0 Å². The predicted octanol–water partition coefficient (Wildman–Crippen LogP) is 4.89. The third kappa shape index (κ3) is 3.70. The average molecular weight is 407 g/mol. The molecule has 3 aromatic rings. The molecule has 1 N–H and O–H groups in total. The molecule has 1 aliphatic heterocycles. The van der Waals surface area contributed by atoms with Crippen LogP contribution in [-0.4, -0.2) is 17.7 Å². The van der Waals surface area contributed by atoms with Crippen LogP contribution in [0, 0.1) is 0 Å². The highest BCUT2D eigenvalue weighted by Crippen LogP contribution is 2.33. The van der Waals surface area contributed by atoms with Crippen molar-refractivity contribution in [1.29, 1.82) is 0 Å². The summed E-state index contributed by atoms with van der Waals surface area (Å²) >= 11 is 5.99. The number of ether oxygens (including phenoxy) is 1. The molecule has 0 radical (unpaired) electrons. The molecule has 0 aliphatic carbocycles. The van der Waals surface area contributed by atoms with Crippen molar-refractivity contribution in [2.24, 2.45) is 0 Å². The van der Waals surface area contributed by atoms with Gasteiger partial charge in [0, 0.05) is 23.7 Å². The third-order valence-electron chi connectivity index (χ3n) is 4.31. The minimum absolute atomic E-state index is 0.190. The number of carbonyl (C=O) groups is 3. The van der Waals surface area contributed by atoms with E-state index in [2.05, 4.69) is 5.32 Å². The van der Waals surface area contributed by atoms with Crippen molar-refractivity contribution >= 4 is 40.7 Å². The lowest BCUT2D eigenvalue weighted by atomic mass is 10.1. The molecule has 1 aliphatic rings. The maximum atomic E-state index is 12.9. The number of fused-ring (bicyclic) bond motifs is 1. The fourth-order valence-electron chi connectivity index (χ4n) is 3.11. The number of anilines is 2. The molecule has 6 nitrogen and oxygen atoms in total. The molecule has 3 amide bonds. The number of carbonyl (C=O) groups excluding carboxylic acids is 3. The van der Waals surface area contributed by atoms with E-state index in [1.807, 2.05) is 0 Å². The van der Waals surface area contributed by atoms with Gasteiger partial charge in [0.25, 0.3) is 11.8 Å². The predicted molar refractivity (Wildman–Crippen MR) is 110 cm³/mol. The van der Waals surface area contributed by atoms with Crippen LogP contribution in [0.1, 0.15) is 27.6 Å². The fraction of sp³-hybridized carbons (Fsp3) is 0.0455. The minimum Gasteiger partial charge on any atom is -0.457 e. The highest BCUT2D eigenvalue weighted by atomic mass is 35.5. The smallest absolute Gasteiger partial charge is 0.266 e. The largest absolute Gasteiger partial charge is 0.457 e. The van der Waals surface area contributed by atoms with Crippen molar-refractivity contribution in [3.63, 3.8) is 0 Å². The first-order valence-corrected chi connectivity index (χ1v) is 9.14. The number of nitrogens with one attached hydrogen (secondary N) is 1. The van der Waals surface area contributed by atoms with E-state index in [0.29, 0.717) is 33.5 Å². The summed E-state index contributed by atoms with van der Waals surface area (Å²) in [7, 11) is 0. The first-order valence-electron chi connectivity index (χ1n) is 8.76. The van der Waals surface area contributed by atoms with Crippen LogP contribution in [0.4, 0.5) is 11.4 Å². The van der Waals surface area contributed by atoms with Crippen LogP contribution >= 0.6 is 11.6 Å². The number of imide groups is 1. The third-order valence-corrected chi connectivity index (χ3v) is 4.55. The van der Waals surface area contributed by atoms with Gasteiger partial charge in [-0.1, -0.05) is 23.7 Å². The molecule has 4 rings (SSSR count). The highest BCUT2D eigenvalue weighted by Gasteiger charge is 2.37. The Morgan fingerprint density at radius 1 is 0.897 bits per heavy atom. The number of hydrogen-bond acceptors (Lipinski definition) is 4. The Labute approximate surface area is 171 Å². The number of rotatable bonds is 4. The van der Waals surface area contributed by atoms with Gasteiger partial charge in [0.2, 0.25) is 5.91 Å². The summed E-state index contributed by atoms with van der Waals surface area (Å²) in [4.78, 5) is 37.9. The normalized spacial score (nSPS) is 12.7. The second kappa shape index (κ2) is 7.41. The molecule has 0 spiro atoms. The Morgan fingerprint density at radius 2 is 1.62 bits per heavy atom. The zero-order valence-electron chi connectivity index (χ0n) is 15.3. The number of halogens is 1. The van der Waals surface area contributed by atoms with Gasteiger partial charge in [-0.3, -0.25) is 14.4 Å². The molecule has 0 fully saturated rings. The Bertz CT molecular complexity index is 1160. The SMILES string of the molecule is CC(=O)Nc1cccc(Oc2ccc3c(c2)C(=O)N(c2cccc(Cl)c2)C3=O)c1. The van der Waals surface area contributed by atoms with Crippen molar-refractivity contribution in [1.82, 2.24) is 0 Å². The molecule has 3 aromatic carbocycles. The average Bonchev–Trinajstić information content (AvgIpc) is 2.92. The molecule has 0 saturated carbocycles. The molecule has 29 heavy (non-hydrogen) atoms. The van der Waals surface area contributed by atoms with E-state index in [9.17, 15) is 14.4 Å². The summed E-state index contributed by atoms with van der Waals surface area (Å²) in [5.74, 6) is -0.154. The maximum absolute atomic E-state index is 12.9. The van der Waals surface area contributed by atoms with Gasteiger partial charge in [-0.25, -0.2) is 4.90 Å². The van der Waals surface area contributed by atoms with Crippen LogP contribution in [0.15, 0.2) is 66.7 Å².